The third-order valence-electron chi connectivity index (χ3n) is 3.66. The average Bonchev–Trinajstić information content (AvgIpc) is 2.37. The van der Waals surface area contributed by atoms with Crippen molar-refractivity contribution in [2.75, 3.05) is 24.5 Å². The van der Waals surface area contributed by atoms with Crippen LogP contribution in [0.4, 0.5) is 5.69 Å². The zero-order chi connectivity index (χ0) is 13.0. The summed E-state index contributed by atoms with van der Waals surface area (Å²) in [4.78, 5) is 6.98. The second-order valence-electron chi connectivity index (χ2n) is 5.43. The van der Waals surface area contributed by atoms with E-state index in [9.17, 15) is 0 Å². The van der Waals surface area contributed by atoms with E-state index in [0.717, 1.165) is 24.7 Å². The Kier molecular flexibility index (Phi) is 4.59. The molecular formula is C15H25N3. The lowest BCUT2D eigenvalue weighted by atomic mass is 9.99. The number of piperidine rings is 1. The highest BCUT2D eigenvalue weighted by molar-refractivity contribution is 5.54. The molecule has 1 aliphatic heterocycles. The minimum atomic E-state index is 0.805. The van der Waals surface area contributed by atoms with E-state index < -0.39 is 0 Å². The first kappa shape index (κ1) is 13.3. The molecule has 0 saturated carbocycles. The van der Waals surface area contributed by atoms with Crippen molar-refractivity contribution >= 4 is 5.69 Å². The molecule has 2 heterocycles. The lowest BCUT2D eigenvalue weighted by Crippen LogP contribution is -2.35. The molecule has 0 radical (unpaired) electrons. The maximum Gasteiger partial charge on any atom is 0.0445 e. The second kappa shape index (κ2) is 6.19. The van der Waals surface area contributed by atoms with E-state index in [4.69, 9.17) is 0 Å². The number of hydrogen-bond acceptors (Lipinski definition) is 3. The Morgan fingerprint density at radius 1 is 1.50 bits per heavy atom. The summed E-state index contributed by atoms with van der Waals surface area (Å²) in [6.45, 7) is 10.9. The number of nitrogens with one attached hydrogen (secondary N) is 1. The lowest BCUT2D eigenvalue weighted by molar-refractivity contribution is 0.445. The SMILES string of the molecule is CCNCc1cnc(C)cc1N1CCCC(C)C1. The zero-order valence-corrected chi connectivity index (χ0v) is 11.9. The topological polar surface area (TPSA) is 28.2 Å². The van der Waals surface area contributed by atoms with Gasteiger partial charge in [0.2, 0.25) is 0 Å². The van der Waals surface area contributed by atoms with Gasteiger partial charge in [-0.15, -0.1) is 0 Å². The Labute approximate surface area is 111 Å². The predicted octanol–water partition coefficient (Wildman–Crippen LogP) is 2.74. The molecule has 1 atom stereocenters. The van der Waals surface area contributed by atoms with E-state index >= 15 is 0 Å². The Morgan fingerprint density at radius 3 is 3.06 bits per heavy atom. The van der Waals surface area contributed by atoms with Crippen LogP contribution in [0.1, 0.15) is 37.9 Å². The van der Waals surface area contributed by atoms with E-state index in [0.29, 0.717) is 0 Å². The van der Waals surface area contributed by atoms with Crippen LogP contribution in [0.25, 0.3) is 0 Å². The van der Waals surface area contributed by atoms with E-state index in [1.165, 1.54) is 37.2 Å². The Balaban J connectivity index is 2.20. The molecule has 3 heteroatoms. The maximum atomic E-state index is 4.44. The minimum Gasteiger partial charge on any atom is -0.371 e. The molecule has 0 aromatic carbocycles. The highest BCUT2D eigenvalue weighted by Gasteiger charge is 2.19. The second-order valence-corrected chi connectivity index (χ2v) is 5.43. The van der Waals surface area contributed by atoms with Crippen LogP contribution in [-0.2, 0) is 6.54 Å². The molecule has 1 fully saturated rings. The first-order valence-corrected chi connectivity index (χ1v) is 7.12. The van der Waals surface area contributed by atoms with Gasteiger partial charge in [0.1, 0.15) is 0 Å². The van der Waals surface area contributed by atoms with E-state index in [-0.39, 0.29) is 0 Å². The fourth-order valence-electron chi connectivity index (χ4n) is 2.67. The van der Waals surface area contributed by atoms with Crippen molar-refractivity contribution in [2.45, 2.75) is 40.2 Å². The maximum absolute atomic E-state index is 4.44. The Bertz CT molecular complexity index is 389. The summed E-state index contributed by atoms with van der Waals surface area (Å²) in [5, 5.41) is 3.41. The number of anilines is 1. The third-order valence-corrected chi connectivity index (χ3v) is 3.66. The number of rotatable bonds is 4. The summed E-state index contributed by atoms with van der Waals surface area (Å²) >= 11 is 0. The van der Waals surface area contributed by atoms with Gasteiger partial charge in [0.15, 0.2) is 0 Å². The summed E-state index contributed by atoms with van der Waals surface area (Å²) in [6.07, 6.45) is 4.71. The first-order chi connectivity index (χ1) is 8.70. The minimum absolute atomic E-state index is 0.805. The van der Waals surface area contributed by atoms with E-state index in [1.807, 2.05) is 6.20 Å². The Hall–Kier alpha value is -1.09. The molecule has 2 rings (SSSR count). The van der Waals surface area contributed by atoms with Crippen molar-refractivity contribution in [3.8, 4) is 0 Å². The van der Waals surface area contributed by atoms with Crippen molar-refractivity contribution in [1.82, 2.24) is 10.3 Å². The van der Waals surface area contributed by atoms with Gasteiger partial charge < -0.3 is 10.2 Å². The standard InChI is InChI=1S/C15H25N3/c1-4-16-9-14-10-17-13(3)8-15(14)18-7-5-6-12(2)11-18/h8,10,12,16H,4-7,9,11H2,1-3H3. The fourth-order valence-corrected chi connectivity index (χ4v) is 2.67. The molecule has 1 saturated heterocycles. The monoisotopic (exact) mass is 247 g/mol. The quantitative estimate of drug-likeness (QED) is 0.886. The molecule has 1 aliphatic rings. The van der Waals surface area contributed by atoms with Gasteiger partial charge in [-0.05, 0) is 38.3 Å². The highest BCUT2D eigenvalue weighted by Crippen LogP contribution is 2.26. The molecule has 0 bridgehead atoms. The van der Waals surface area contributed by atoms with Gasteiger partial charge >= 0.3 is 0 Å². The van der Waals surface area contributed by atoms with Crippen LogP contribution < -0.4 is 10.2 Å². The normalized spacial score (nSPS) is 20.2. The highest BCUT2D eigenvalue weighted by atomic mass is 15.1. The molecule has 0 aliphatic carbocycles. The van der Waals surface area contributed by atoms with Gasteiger partial charge in [0.05, 0.1) is 0 Å². The number of pyridine rings is 1. The van der Waals surface area contributed by atoms with Gasteiger partial charge in [-0.1, -0.05) is 13.8 Å². The largest absolute Gasteiger partial charge is 0.371 e. The summed E-state index contributed by atoms with van der Waals surface area (Å²) < 4.78 is 0. The number of aryl methyl sites for hydroxylation is 1. The van der Waals surface area contributed by atoms with Crippen LogP contribution in [0.2, 0.25) is 0 Å². The number of aromatic nitrogens is 1. The van der Waals surface area contributed by atoms with E-state index in [1.54, 1.807) is 0 Å². The fraction of sp³-hybridized carbons (Fsp3) is 0.667. The number of nitrogens with zero attached hydrogens (tertiary/aromatic N) is 2. The van der Waals surface area contributed by atoms with Crippen LogP contribution in [0.15, 0.2) is 12.3 Å². The molecule has 18 heavy (non-hydrogen) atoms. The van der Waals surface area contributed by atoms with Crippen LogP contribution in [0.3, 0.4) is 0 Å². The first-order valence-electron chi connectivity index (χ1n) is 7.12. The molecule has 1 N–H and O–H groups in total. The lowest BCUT2D eigenvalue weighted by Gasteiger charge is -2.34. The molecule has 1 unspecified atom stereocenters. The van der Waals surface area contributed by atoms with Crippen LogP contribution in [0.5, 0.6) is 0 Å². The van der Waals surface area contributed by atoms with Gasteiger partial charge in [-0.2, -0.15) is 0 Å². The summed E-state index contributed by atoms with van der Waals surface area (Å²) in [7, 11) is 0. The van der Waals surface area contributed by atoms with Crippen LogP contribution >= 0.6 is 0 Å². The van der Waals surface area contributed by atoms with Gasteiger partial charge in [0, 0.05) is 42.8 Å². The van der Waals surface area contributed by atoms with Gasteiger partial charge in [0.25, 0.3) is 0 Å². The molecule has 1 aromatic rings. The van der Waals surface area contributed by atoms with Crippen molar-refractivity contribution in [3.63, 3.8) is 0 Å². The Morgan fingerprint density at radius 2 is 2.33 bits per heavy atom. The molecule has 1 aromatic heterocycles. The molecule has 3 nitrogen and oxygen atoms in total. The van der Waals surface area contributed by atoms with Crippen molar-refractivity contribution in [2.24, 2.45) is 5.92 Å². The molecule has 100 valence electrons. The third kappa shape index (κ3) is 3.22. The van der Waals surface area contributed by atoms with E-state index in [2.05, 4.69) is 42.0 Å². The smallest absolute Gasteiger partial charge is 0.0445 e. The summed E-state index contributed by atoms with van der Waals surface area (Å²) in [5.74, 6) is 0.805. The predicted molar refractivity (Wildman–Crippen MR) is 77.0 cm³/mol. The van der Waals surface area contributed by atoms with Crippen molar-refractivity contribution in [1.29, 1.82) is 0 Å². The van der Waals surface area contributed by atoms with Gasteiger partial charge in [-0.3, -0.25) is 4.98 Å². The van der Waals surface area contributed by atoms with Crippen molar-refractivity contribution in [3.05, 3.63) is 23.5 Å². The number of hydrogen-bond donors (Lipinski definition) is 1. The summed E-state index contributed by atoms with van der Waals surface area (Å²) in [5.41, 5.74) is 3.83. The summed E-state index contributed by atoms with van der Waals surface area (Å²) in [6, 6.07) is 2.24. The zero-order valence-electron chi connectivity index (χ0n) is 11.9. The van der Waals surface area contributed by atoms with Crippen LogP contribution in [0, 0.1) is 12.8 Å². The van der Waals surface area contributed by atoms with Crippen molar-refractivity contribution < 1.29 is 0 Å². The molecular weight excluding hydrogens is 222 g/mol. The molecule has 0 amide bonds. The van der Waals surface area contributed by atoms with Gasteiger partial charge in [-0.25, -0.2) is 0 Å². The van der Waals surface area contributed by atoms with Crippen LogP contribution in [-0.4, -0.2) is 24.6 Å². The molecule has 0 spiro atoms. The average molecular weight is 247 g/mol.